The minimum absolute atomic E-state index is 0.0508. The maximum atomic E-state index is 11.3. The average Bonchev–Trinajstić information content (AvgIpc) is 3.30. The Bertz CT molecular complexity index is 827. The lowest BCUT2D eigenvalue weighted by Crippen LogP contribution is -2.02. The van der Waals surface area contributed by atoms with Crippen molar-refractivity contribution in [3.8, 4) is 5.75 Å². The number of allylic oxidation sites excluding steroid dienone is 4. The van der Waals surface area contributed by atoms with Gasteiger partial charge in [0.1, 0.15) is 11.4 Å². The number of ether oxygens (including phenoxy) is 1. The zero-order chi connectivity index (χ0) is 21.8. The van der Waals surface area contributed by atoms with Crippen molar-refractivity contribution in [2.45, 2.75) is 85.0 Å². The summed E-state index contributed by atoms with van der Waals surface area (Å²) >= 11 is 6.16. The zero-order valence-electron chi connectivity index (χ0n) is 18.0. The molecule has 1 fully saturated rings. The number of phenolic OH excluding ortho intramolecular Hbond substituents is 1. The number of aliphatic hydroxyl groups excluding tert-OH is 1. The van der Waals surface area contributed by atoms with Crippen molar-refractivity contribution in [1.82, 2.24) is 0 Å². The first kappa shape index (κ1) is 23.6. The largest absolute Gasteiger partial charge is 0.506 e. The summed E-state index contributed by atoms with van der Waals surface area (Å²) in [5, 5.41) is 23.1. The Morgan fingerprint density at radius 2 is 1.83 bits per heavy atom. The molecule has 2 rings (SSSR count). The average molecular weight is 422 g/mol. The van der Waals surface area contributed by atoms with Crippen molar-refractivity contribution < 1.29 is 14.9 Å². The number of halogens is 1. The van der Waals surface area contributed by atoms with E-state index < -0.39 is 0 Å². The molecule has 0 radical (unpaired) electrons. The number of phenols is 1. The van der Waals surface area contributed by atoms with Crippen LogP contribution in [0.3, 0.4) is 0 Å². The molecule has 29 heavy (non-hydrogen) atoms. The number of hydrogen-bond acceptors (Lipinski definition) is 5. The molecule has 160 valence electrons. The smallest absolute Gasteiger partial charge is 0.140 e. The lowest BCUT2D eigenvalue weighted by atomic mass is 9.97. The molecule has 6 heteroatoms. The van der Waals surface area contributed by atoms with Crippen molar-refractivity contribution >= 4 is 17.3 Å². The summed E-state index contributed by atoms with van der Waals surface area (Å²) < 4.78 is 5.62. The minimum atomic E-state index is -0.351. The third-order valence-electron chi connectivity index (χ3n) is 5.75. The van der Waals surface area contributed by atoms with Gasteiger partial charge in [-0.25, -0.2) is 0 Å². The molecule has 1 saturated heterocycles. The number of epoxide rings is 1. The van der Waals surface area contributed by atoms with Crippen LogP contribution in [0.2, 0.25) is 5.02 Å². The van der Waals surface area contributed by atoms with Gasteiger partial charge in [0.05, 0.1) is 23.3 Å². The van der Waals surface area contributed by atoms with Crippen LogP contribution in [0.25, 0.3) is 0 Å². The van der Waals surface area contributed by atoms with Crippen molar-refractivity contribution in [3.05, 3.63) is 49.9 Å². The van der Waals surface area contributed by atoms with E-state index in [2.05, 4.69) is 32.0 Å². The predicted molar refractivity (Wildman–Crippen MR) is 118 cm³/mol. The highest BCUT2D eigenvalue weighted by molar-refractivity contribution is 6.33. The second-order valence-electron chi connectivity index (χ2n) is 8.44. The first-order valence-electron chi connectivity index (χ1n) is 10.1. The molecular weight excluding hydrogens is 390 g/mol. The van der Waals surface area contributed by atoms with Crippen LogP contribution in [0.1, 0.15) is 70.1 Å². The molecule has 1 heterocycles. The normalized spacial score (nSPS) is 18.8. The Kier molecular flexibility index (Phi) is 8.03. The second-order valence-corrected chi connectivity index (χ2v) is 8.81. The number of hydrogen-bond donors (Lipinski definition) is 2. The van der Waals surface area contributed by atoms with Gasteiger partial charge in [0.25, 0.3) is 0 Å². The van der Waals surface area contributed by atoms with Gasteiger partial charge in [-0.05, 0) is 77.5 Å². The highest BCUT2D eigenvalue weighted by Gasteiger charge is 2.46. The van der Waals surface area contributed by atoms with Crippen LogP contribution in [0.15, 0.2) is 28.5 Å². The SMILES string of the molecule is C/C(=C\Cc1c(O)c(Cl)c(C)c(CO)c1N=O)CC/C=C(\C)CCC1OC1(C)C. The Morgan fingerprint density at radius 1 is 1.21 bits per heavy atom. The van der Waals surface area contributed by atoms with E-state index in [4.69, 9.17) is 16.3 Å². The fourth-order valence-electron chi connectivity index (χ4n) is 3.54. The molecule has 2 N–H and O–H groups in total. The van der Waals surface area contributed by atoms with Crippen LogP contribution in [0, 0.1) is 11.8 Å². The molecule has 1 unspecified atom stereocenters. The fraction of sp³-hybridized carbons (Fsp3) is 0.565. The third-order valence-corrected chi connectivity index (χ3v) is 6.21. The summed E-state index contributed by atoms with van der Waals surface area (Å²) in [6.07, 6.45) is 8.88. The summed E-state index contributed by atoms with van der Waals surface area (Å²) in [5.41, 5.74) is 3.85. The van der Waals surface area contributed by atoms with Crippen LogP contribution >= 0.6 is 11.6 Å². The zero-order valence-corrected chi connectivity index (χ0v) is 18.8. The van der Waals surface area contributed by atoms with Gasteiger partial charge < -0.3 is 14.9 Å². The van der Waals surface area contributed by atoms with Crippen molar-refractivity contribution in [3.63, 3.8) is 0 Å². The molecule has 0 saturated carbocycles. The third kappa shape index (κ3) is 5.91. The maximum Gasteiger partial charge on any atom is 0.140 e. The van der Waals surface area contributed by atoms with E-state index in [1.807, 2.05) is 13.0 Å². The van der Waals surface area contributed by atoms with Crippen molar-refractivity contribution in [2.75, 3.05) is 0 Å². The van der Waals surface area contributed by atoms with E-state index >= 15 is 0 Å². The number of aromatic hydroxyl groups is 1. The van der Waals surface area contributed by atoms with Gasteiger partial charge in [0.15, 0.2) is 0 Å². The molecule has 1 aromatic rings. The minimum Gasteiger partial charge on any atom is -0.506 e. The molecule has 0 amide bonds. The molecule has 5 nitrogen and oxygen atoms in total. The Morgan fingerprint density at radius 3 is 2.38 bits per heavy atom. The van der Waals surface area contributed by atoms with Crippen LogP contribution in [0.5, 0.6) is 5.75 Å². The Balaban J connectivity index is 1.96. The van der Waals surface area contributed by atoms with Gasteiger partial charge in [-0.15, -0.1) is 4.91 Å². The quantitative estimate of drug-likeness (QED) is 0.259. The highest BCUT2D eigenvalue weighted by atomic mass is 35.5. The Hall–Kier alpha value is -1.69. The van der Waals surface area contributed by atoms with Gasteiger partial charge in [0.2, 0.25) is 0 Å². The number of rotatable bonds is 10. The summed E-state index contributed by atoms with van der Waals surface area (Å²) in [6, 6.07) is 0. The van der Waals surface area contributed by atoms with Crippen molar-refractivity contribution in [1.29, 1.82) is 0 Å². The van der Waals surface area contributed by atoms with Crippen LogP contribution in [-0.2, 0) is 17.8 Å². The molecule has 0 bridgehead atoms. The lowest BCUT2D eigenvalue weighted by molar-refractivity contribution is 0.281. The van der Waals surface area contributed by atoms with Crippen LogP contribution in [0.4, 0.5) is 5.69 Å². The molecule has 1 aliphatic heterocycles. The van der Waals surface area contributed by atoms with Gasteiger partial charge in [-0.1, -0.05) is 34.9 Å². The number of nitroso groups, excluding NO2 is 1. The summed E-state index contributed by atoms with van der Waals surface area (Å²) in [4.78, 5) is 11.3. The monoisotopic (exact) mass is 421 g/mol. The molecule has 0 aliphatic carbocycles. The summed E-state index contributed by atoms with van der Waals surface area (Å²) in [7, 11) is 0. The van der Waals surface area contributed by atoms with Gasteiger partial charge in [-0.2, -0.15) is 0 Å². The summed E-state index contributed by atoms with van der Waals surface area (Å²) in [5.74, 6) is -0.138. The lowest BCUT2D eigenvalue weighted by Gasteiger charge is -2.14. The van der Waals surface area contributed by atoms with E-state index in [-0.39, 0.29) is 28.7 Å². The number of benzene rings is 1. The van der Waals surface area contributed by atoms with Crippen LogP contribution in [-0.4, -0.2) is 21.9 Å². The number of nitrogens with zero attached hydrogens (tertiary/aromatic N) is 1. The van der Waals surface area contributed by atoms with E-state index in [9.17, 15) is 15.1 Å². The molecule has 1 aliphatic rings. The molecule has 0 spiro atoms. The topological polar surface area (TPSA) is 82.4 Å². The predicted octanol–water partition coefficient (Wildman–Crippen LogP) is 6.42. The fourth-order valence-corrected chi connectivity index (χ4v) is 3.76. The van der Waals surface area contributed by atoms with E-state index in [1.165, 1.54) is 5.57 Å². The first-order valence-corrected chi connectivity index (χ1v) is 10.5. The maximum absolute atomic E-state index is 11.3. The second kappa shape index (κ2) is 9.88. The van der Waals surface area contributed by atoms with E-state index in [0.717, 1.165) is 31.3 Å². The molecule has 1 aromatic carbocycles. The van der Waals surface area contributed by atoms with E-state index in [0.29, 0.717) is 29.2 Å². The standard InChI is InChI=1S/C23H32ClNO4/c1-14(7-6-8-15(2)10-12-19-23(4,5)29-19)9-11-17-21(25-28)18(13-26)16(3)20(24)22(17)27/h8-9,19,26-27H,6-7,10-13H2,1-5H3/b14-9+,15-8+. The highest BCUT2D eigenvalue weighted by Crippen LogP contribution is 2.42. The van der Waals surface area contributed by atoms with Crippen LogP contribution < -0.4 is 0 Å². The Labute approximate surface area is 178 Å². The molecule has 0 aromatic heterocycles. The molecule has 1 atom stereocenters. The summed E-state index contributed by atoms with van der Waals surface area (Å²) in [6.45, 7) is 9.72. The molecular formula is C23H32ClNO4. The van der Waals surface area contributed by atoms with Gasteiger partial charge in [-0.3, -0.25) is 0 Å². The van der Waals surface area contributed by atoms with Gasteiger partial charge in [0, 0.05) is 11.1 Å². The van der Waals surface area contributed by atoms with E-state index in [1.54, 1.807) is 6.92 Å². The van der Waals surface area contributed by atoms with Crippen molar-refractivity contribution in [2.24, 2.45) is 5.18 Å². The van der Waals surface area contributed by atoms with Gasteiger partial charge >= 0.3 is 0 Å². The number of aliphatic hydroxyl groups is 1. The first-order chi connectivity index (χ1) is 13.6.